The highest BCUT2D eigenvalue weighted by Gasteiger charge is 2.31. The zero-order valence-corrected chi connectivity index (χ0v) is 10.3. The van der Waals surface area contributed by atoms with Gasteiger partial charge in [-0.2, -0.15) is 0 Å². The van der Waals surface area contributed by atoms with Crippen molar-refractivity contribution in [3.63, 3.8) is 0 Å². The van der Waals surface area contributed by atoms with Gasteiger partial charge in [0.25, 0.3) is 0 Å². The van der Waals surface area contributed by atoms with Crippen molar-refractivity contribution in [2.24, 2.45) is 5.92 Å². The Morgan fingerprint density at radius 2 is 2.20 bits per heavy atom. The van der Waals surface area contributed by atoms with Crippen LogP contribution in [0.25, 0.3) is 0 Å². The van der Waals surface area contributed by atoms with Gasteiger partial charge in [-0.05, 0) is 18.2 Å². The average Bonchev–Trinajstić information content (AvgIpc) is 2.60. The largest absolute Gasteiger partial charge is 0.468 e. The molecule has 5 heteroatoms. The number of hydrogen-bond donors (Lipinski definition) is 1. The van der Waals surface area contributed by atoms with Crippen LogP contribution in [0.3, 0.4) is 0 Å². The topological polar surface area (TPSA) is 55.4 Å². The van der Waals surface area contributed by atoms with Crippen LogP contribution in [0.4, 0.5) is 0 Å². The number of carbonyl (C=O) groups is 1. The molecule has 0 spiro atoms. The van der Waals surface area contributed by atoms with Gasteiger partial charge in [-0.25, -0.2) is 5.09 Å². The van der Waals surface area contributed by atoms with E-state index in [2.05, 4.69) is 9.82 Å². The van der Waals surface area contributed by atoms with E-state index in [4.69, 9.17) is 0 Å². The van der Waals surface area contributed by atoms with E-state index in [1.165, 1.54) is 7.11 Å². The zero-order chi connectivity index (χ0) is 11.5. The lowest BCUT2D eigenvalue weighted by atomic mass is 10.1. The van der Waals surface area contributed by atoms with E-state index in [1.54, 1.807) is 5.82 Å². The quantitative estimate of drug-likeness (QED) is 0.593. The van der Waals surface area contributed by atoms with E-state index < -0.39 is 13.3 Å². The van der Waals surface area contributed by atoms with E-state index in [9.17, 15) is 9.36 Å². The number of rotatable bonds is 4. The van der Waals surface area contributed by atoms with Crippen molar-refractivity contribution in [2.75, 3.05) is 13.3 Å². The van der Waals surface area contributed by atoms with Gasteiger partial charge in [0, 0.05) is 6.16 Å². The molecule has 0 saturated carbocycles. The number of esters is 1. The molecule has 0 amide bonds. The molecule has 0 fully saturated rings. The Kier molecular flexibility index (Phi) is 4.12. The van der Waals surface area contributed by atoms with Crippen molar-refractivity contribution in [3.05, 3.63) is 11.9 Å². The molecule has 1 heterocycles. The van der Waals surface area contributed by atoms with Gasteiger partial charge in [0.05, 0.1) is 7.11 Å². The molecule has 1 N–H and O–H groups in total. The van der Waals surface area contributed by atoms with Crippen LogP contribution in [0, 0.1) is 5.92 Å². The highest BCUT2D eigenvalue weighted by molar-refractivity contribution is 7.65. The molecule has 2 atom stereocenters. The molecule has 0 radical (unpaired) electrons. The summed E-state index contributed by atoms with van der Waals surface area (Å²) in [7, 11) is -1.13. The monoisotopic (exact) mass is 231 g/mol. The molecule has 0 aromatic carbocycles. The van der Waals surface area contributed by atoms with Crippen LogP contribution in [-0.2, 0) is 14.1 Å². The van der Waals surface area contributed by atoms with Crippen molar-refractivity contribution in [2.45, 2.75) is 26.3 Å². The Hall–Kier alpha value is -0.600. The van der Waals surface area contributed by atoms with Crippen LogP contribution < -0.4 is 5.09 Å². The van der Waals surface area contributed by atoms with Crippen LogP contribution in [-0.4, -0.2) is 25.3 Å². The first-order valence-electron chi connectivity index (χ1n) is 5.10. The zero-order valence-electron chi connectivity index (χ0n) is 9.40. The van der Waals surface area contributed by atoms with E-state index in [0.29, 0.717) is 6.16 Å². The maximum Gasteiger partial charge on any atom is 0.323 e. The maximum atomic E-state index is 12.1. The molecule has 1 rings (SSSR count). The fourth-order valence-electron chi connectivity index (χ4n) is 1.53. The van der Waals surface area contributed by atoms with Gasteiger partial charge in [-0.15, -0.1) is 0 Å². The molecular weight excluding hydrogens is 213 g/mol. The summed E-state index contributed by atoms with van der Waals surface area (Å²) in [6.07, 6.45) is 3.31. The molecule has 1 aliphatic heterocycles. The van der Waals surface area contributed by atoms with Crippen LogP contribution in [0.2, 0.25) is 0 Å². The Labute approximate surface area is 90.5 Å². The van der Waals surface area contributed by atoms with Crippen LogP contribution in [0.15, 0.2) is 11.9 Å². The third-order valence-corrected chi connectivity index (χ3v) is 4.78. The third kappa shape index (κ3) is 3.18. The van der Waals surface area contributed by atoms with Gasteiger partial charge in [-0.3, -0.25) is 4.79 Å². The highest BCUT2D eigenvalue weighted by atomic mass is 31.2. The fourth-order valence-corrected chi connectivity index (χ4v) is 3.79. The first-order valence-corrected chi connectivity index (χ1v) is 7.07. The fraction of sp³-hybridized carbons (Fsp3) is 0.700. The molecule has 0 aromatic heterocycles. The average molecular weight is 231 g/mol. The summed E-state index contributed by atoms with van der Waals surface area (Å²) in [6, 6.07) is -0.483. The second-order valence-corrected chi connectivity index (χ2v) is 6.66. The van der Waals surface area contributed by atoms with E-state index in [0.717, 1.165) is 6.42 Å². The van der Waals surface area contributed by atoms with Gasteiger partial charge in [-0.1, -0.05) is 19.9 Å². The predicted octanol–water partition coefficient (Wildman–Crippen LogP) is 1.97. The molecule has 1 aliphatic rings. The molecule has 0 aliphatic carbocycles. The second-order valence-electron chi connectivity index (χ2n) is 4.07. The molecule has 86 valence electrons. The molecule has 4 nitrogen and oxygen atoms in total. The van der Waals surface area contributed by atoms with Gasteiger partial charge >= 0.3 is 5.97 Å². The second kappa shape index (κ2) is 4.95. The standard InChI is InChI=1S/C10H18NO3P/c1-8(2)9(10(12)14-3)11-15(13)6-4-5-7-15/h4,6,8-9H,5,7H2,1-3H3,(H,11,13)/t9-,15?/m0/s1. The van der Waals surface area contributed by atoms with Gasteiger partial charge in [0.15, 0.2) is 7.29 Å². The summed E-state index contributed by atoms with van der Waals surface area (Å²) >= 11 is 0. The van der Waals surface area contributed by atoms with Crippen molar-refractivity contribution < 1.29 is 14.1 Å². The Bertz CT molecular complexity index is 312. The number of methoxy groups -OCH3 is 1. The number of nitrogens with one attached hydrogen (secondary N) is 1. The van der Waals surface area contributed by atoms with E-state index in [-0.39, 0.29) is 11.9 Å². The first kappa shape index (κ1) is 12.5. The molecule has 15 heavy (non-hydrogen) atoms. The molecular formula is C10H18NO3P. The van der Waals surface area contributed by atoms with Crippen LogP contribution in [0.1, 0.15) is 20.3 Å². The maximum absolute atomic E-state index is 12.1. The number of carbonyl (C=O) groups excluding carboxylic acids is 1. The van der Waals surface area contributed by atoms with Crippen molar-refractivity contribution >= 4 is 13.3 Å². The van der Waals surface area contributed by atoms with Crippen molar-refractivity contribution in [1.82, 2.24) is 5.09 Å². The Morgan fingerprint density at radius 1 is 1.53 bits per heavy atom. The normalized spacial score (nSPS) is 26.9. The van der Waals surface area contributed by atoms with Crippen molar-refractivity contribution in [3.8, 4) is 0 Å². The third-order valence-electron chi connectivity index (χ3n) is 2.45. The smallest absolute Gasteiger partial charge is 0.323 e. The summed E-state index contributed by atoms with van der Waals surface area (Å²) < 4.78 is 16.8. The summed E-state index contributed by atoms with van der Waals surface area (Å²) in [5.41, 5.74) is 0. The van der Waals surface area contributed by atoms with Gasteiger partial charge < -0.3 is 9.30 Å². The summed E-state index contributed by atoms with van der Waals surface area (Å²) in [5, 5.41) is 2.94. The summed E-state index contributed by atoms with van der Waals surface area (Å²) in [4.78, 5) is 11.5. The number of hydrogen-bond acceptors (Lipinski definition) is 3. The molecule has 0 bridgehead atoms. The Morgan fingerprint density at radius 3 is 2.60 bits per heavy atom. The predicted molar refractivity (Wildman–Crippen MR) is 60.0 cm³/mol. The number of ether oxygens (including phenoxy) is 1. The first-order chi connectivity index (χ1) is 6.98. The molecule has 0 saturated heterocycles. The van der Waals surface area contributed by atoms with E-state index >= 15 is 0 Å². The summed E-state index contributed by atoms with van der Waals surface area (Å²) in [6.45, 7) is 3.81. The minimum absolute atomic E-state index is 0.0669. The minimum atomic E-state index is -2.48. The van der Waals surface area contributed by atoms with Crippen LogP contribution in [0.5, 0.6) is 0 Å². The summed E-state index contributed by atoms with van der Waals surface area (Å²) in [5.74, 6) is 1.42. The molecule has 1 unspecified atom stereocenters. The lowest BCUT2D eigenvalue weighted by Gasteiger charge is -2.23. The van der Waals surface area contributed by atoms with Crippen molar-refractivity contribution in [1.29, 1.82) is 0 Å². The van der Waals surface area contributed by atoms with Crippen LogP contribution >= 0.6 is 7.29 Å². The lowest BCUT2D eigenvalue weighted by molar-refractivity contribution is -0.143. The molecule has 0 aromatic rings. The van der Waals surface area contributed by atoms with Gasteiger partial charge in [0.1, 0.15) is 6.04 Å². The lowest BCUT2D eigenvalue weighted by Crippen LogP contribution is -2.39. The SMILES string of the molecule is COC(=O)[C@@H](NP1(=O)C=CCC1)C(C)C. The Balaban J connectivity index is 2.71. The minimum Gasteiger partial charge on any atom is -0.468 e. The van der Waals surface area contributed by atoms with E-state index in [1.807, 2.05) is 19.9 Å². The highest BCUT2D eigenvalue weighted by Crippen LogP contribution is 2.48. The van der Waals surface area contributed by atoms with Gasteiger partial charge in [0.2, 0.25) is 0 Å². The number of allylic oxidation sites excluding steroid dienone is 1.